The van der Waals surface area contributed by atoms with Crippen LogP contribution in [0.2, 0.25) is 0 Å². The average Bonchev–Trinajstić information content (AvgIpc) is 2.97. The number of benzene rings is 3. The van der Waals surface area contributed by atoms with Crippen molar-refractivity contribution >= 4 is 34.7 Å². The van der Waals surface area contributed by atoms with Crippen LogP contribution < -0.4 is 9.80 Å². The van der Waals surface area contributed by atoms with Gasteiger partial charge in [0.2, 0.25) is 0 Å². The number of carbonyl (C=O) groups is 2. The molecule has 6 heteroatoms. The van der Waals surface area contributed by atoms with Gasteiger partial charge >= 0.3 is 11.9 Å². The molecule has 0 saturated heterocycles. The van der Waals surface area contributed by atoms with Crippen LogP contribution in [0.5, 0.6) is 0 Å². The maximum absolute atomic E-state index is 11.5. The number of esters is 2. The Hall–Kier alpha value is -3.80. The second-order valence-corrected chi connectivity index (χ2v) is 9.36. The summed E-state index contributed by atoms with van der Waals surface area (Å²) in [7, 11) is 0. The molecule has 0 spiro atoms. The Morgan fingerprint density at radius 1 is 0.615 bits per heavy atom. The molecule has 0 bridgehead atoms. The van der Waals surface area contributed by atoms with Crippen LogP contribution in [-0.2, 0) is 31.9 Å². The topological polar surface area (TPSA) is 59.1 Å². The van der Waals surface area contributed by atoms with Crippen molar-refractivity contribution in [1.82, 2.24) is 0 Å². The van der Waals surface area contributed by atoms with Crippen molar-refractivity contribution in [3.63, 3.8) is 0 Å². The molecule has 0 atom stereocenters. The van der Waals surface area contributed by atoms with Crippen LogP contribution >= 0.6 is 0 Å². The van der Waals surface area contributed by atoms with Gasteiger partial charge < -0.3 is 19.3 Å². The maximum atomic E-state index is 11.5. The summed E-state index contributed by atoms with van der Waals surface area (Å²) in [5.41, 5.74) is 6.73. The number of aryl methyl sites for hydroxylation is 1. The Morgan fingerprint density at radius 3 is 1.67 bits per heavy atom. The Kier molecular flexibility index (Phi) is 11.9. The second kappa shape index (κ2) is 15.6. The number of rotatable bonds is 15. The van der Waals surface area contributed by atoms with Crippen LogP contribution in [0.15, 0.2) is 72.8 Å². The SMILES string of the molecule is CCC(=O)OCCCc1ccc(N(c2ccc(CCOC(=O)CC)cc2)c2cccc(N(CC)CC)c2)cc1. The number of carbonyl (C=O) groups excluding carboxylic acids is 2. The Morgan fingerprint density at radius 2 is 1.13 bits per heavy atom. The first-order valence-electron chi connectivity index (χ1n) is 14.1. The average molecular weight is 531 g/mol. The summed E-state index contributed by atoms with van der Waals surface area (Å²) in [5.74, 6) is -0.322. The van der Waals surface area contributed by atoms with Gasteiger partial charge in [0, 0.05) is 55.1 Å². The first kappa shape index (κ1) is 29.8. The van der Waals surface area contributed by atoms with Gasteiger partial charge in [0.1, 0.15) is 0 Å². The first-order valence-corrected chi connectivity index (χ1v) is 14.1. The third-order valence-corrected chi connectivity index (χ3v) is 6.71. The largest absolute Gasteiger partial charge is 0.466 e. The van der Waals surface area contributed by atoms with Crippen molar-refractivity contribution in [2.45, 2.75) is 59.8 Å². The van der Waals surface area contributed by atoms with Crippen molar-refractivity contribution in [3.05, 3.63) is 83.9 Å². The van der Waals surface area contributed by atoms with E-state index in [9.17, 15) is 9.59 Å². The quantitative estimate of drug-likeness (QED) is 0.151. The van der Waals surface area contributed by atoms with Gasteiger partial charge in [-0.2, -0.15) is 0 Å². The number of nitrogens with zero attached hydrogens (tertiary/aromatic N) is 2. The molecule has 0 unspecified atom stereocenters. The summed E-state index contributed by atoms with van der Waals surface area (Å²) in [4.78, 5) is 27.5. The molecule has 0 saturated carbocycles. The second-order valence-electron chi connectivity index (χ2n) is 9.36. The summed E-state index contributed by atoms with van der Waals surface area (Å²) in [6.45, 7) is 10.7. The van der Waals surface area contributed by atoms with Gasteiger partial charge in [-0.1, -0.05) is 44.2 Å². The lowest BCUT2D eigenvalue weighted by molar-refractivity contribution is -0.144. The molecule has 0 N–H and O–H groups in total. The maximum Gasteiger partial charge on any atom is 0.305 e. The summed E-state index contributed by atoms with van der Waals surface area (Å²) in [6, 6.07) is 25.7. The van der Waals surface area contributed by atoms with E-state index in [1.807, 2.05) is 6.92 Å². The van der Waals surface area contributed by atoms with E-state index in [1.54, 1.807) is 6.92 Å². The van der Waals surface area contributed by atoms with Crippen molar-refractivity contribution < 1.29 is 19.1 Å². The van der Waals surface area contributed by atoms with E-state index in [0.717, 1.165) is 48.6 Å². The summed E-state index contributed by atoms with van der Waals surface area (Å²) in [6.07, 6.45) is 3.15. The van der Waals surface area contributed by atoms with Gasteiger partial charge in [-0.25, -0.2) is 0 Å². The van der Waals surface area contributed by atoms with E-state index >= 15 is 0 Å². The zero-order valence-electron chi connectivity index (χ0n) is 23.8. The molecule has 208 valence electrons. The zero-order chi connectivity index (χ0) is 28.0. The number of hydrogen-bond donors (Lipinski definition) is 0. The Balaban J connectivity index is 1.84. The highest BCUT2D eigenvalue weighted by atomic mass is 16.5. The summed E-state index contributed by atoms with van der Waals surface area (Å²) < 4.78 is 10.5. The van der Waals surface area contributed by atoms with Gasteiger partial charge in [0.15, 0.2) is 0 Å². The third kappa shape index (κ3) is 8.88. The normalized spacial score (nSPS) is 10.7. The molecule has 6 nitrogen and oxygen atoms in total. The highest BCUT2D eigenvalue weighted by Gasteiger charge is 2.14. The fraction of sp³-hybridized carbons (Fsp3) is 0.394. The molecule has 0 aliphatic rings. The molecule has 0 radical (unpaired) electrons. The van der Waals surface area contributed by atoms with Crippen molar-refractivity contribution in [1.29, 1.82) is 0 Å². The molecule has 3 rings (SSSR count). The van der Waals surface area contributed by atoms with Crippen LogP contribution in [-0.4, -0.2) is 38.2 Å². The highest BCUT2D eigenvalue weighted by Crippen LogP contribution is 2.36. The third-order valence-electron chi connectivity index (χ3n) is 6.71. The van der Waals surface area contributed by atoms with Crippen LogP contribution in [0.1, 0.15) is 58.1 Å². The predicted octanol–water partition coefficient (Wildman–Crippen LogP) is 7.38. The lowest BCUT2D eigenvalue weighted by atomic mass is 10.1. The molecule has 0 aliphatic carbocycles. The minimum Gasteiger partial charge on any atom is -0.466 e. The van der Waals surface area contributed by atoms with Crippen molar-refractivity contribution in [2.24, 2.45) is 0 Å². The standard InChI is InChI=1S/C33H42N2O4/c1-5-32(36)38-23-10-11-26-14-18-28(19-15-26)35(31-13-9-12-30(25-31)34(7-3)8-4)29-20-16-27(17-21-29)22-24-39-33(37)6-2/h9,12-21,25H,5-8,10-11,22-24H2,1-4H3. The lowest BCUT2D eigenvalue weighted by Crippen LogP contribution is -2.22. The molecule has 0 heterocycles. The molecule has 0 amide bonds. The molecule has 39 heavy (non-hydrogen) atoms. The van der Waals surface area contributed by atoms with E-state index < -0.39 is 0 Å². The Labute approximate surface area is 233 Å². The van der Waals surface area contributed by atoms with Gasteiger partial charge in [-0.15, -0.1) is 0 Å². The van der Waals surface area contributed by atoms with E-state index in [2.05, 4.69) is 96.4 Å². The minimum absolute atomic E-state index is 0.152. The monoisotopic (exact) mass is 530 g/mol. The molecule has 0 aliphatic heterocycles. The fourth-order valence-corrected chi connectivity index (χ4v) is 4.44. The van der Waals surface area contributed by atoms with Crippen molar-refractivity contribution in [3.8, 4) is 0 Å². The number of hydrogen-bond acceptors (Lipinski definition) is 6. The molecule has 3 aromatic rings. The van der Waals surface area contributed by atoms with E-state index in [0.29, 0.717) is 32.5 Å². The van der Waals surface area contributed by atoms with Gasteiger partial charge in [0.05, 0.1) is 13.2 Å². The Bertz CT molecular complexity index is 1170. The molecule has 0 aromatic heterocycles. The minimum atomic E-state index is -0.170. The van der Waals surface area contributed by atoms with Gasteiger partial charge in [-0.05, 0) is 80.3 Å². The van der Waals surface area contributed by atoms with Crippen LogP contribution in [0.25, 0.3) is 0 Å². The number of anilines is 4. The lowest BCUT2D eigenvalue weighted by Gasteiger charge is -2.28. The molecular formula is C33H42N2O4. The number of ether oxygens (including phenoxy) is 2. The van der Waals surface area contributed by atoms with E-state index in [1.165, 1.54) is 11.3 Å². The first-order chi connectivity index (χ1) is 19.0. The van der Waals surface area contributed by atoms with Crippen LogP contribution in [0, 0.1) is 0 Å². The smallest absolute Gasteiger partial charge is 0.305 e. The summed E-state index contributed by atoms with van der Waals surface area (Å²) >= 11 is 0. The fourth-order valence-electron chi connectivity index (χ4n) is 4.44. The van der Waals surface area contributed by atoms with E-state index in [4.69, 9.17) is 9.47 Å². The zero-order valence-corrected chi connectivity index (χ0v) is 23.8. The molecule has 0 fully saturated rings. The van der Waals surface area contributed by atoms with E-state index in [-0.39, 0.29) is 11.9 Å². The van der Waals surface area contributed by atoms with Gasteiger partial charge in [0.25, 0.3) is 0 Å². The predicted molar refractivity (Wildman–Crippen MR) is 159 cm³/mol. The molecular weight excluding hydrogens is 488 g/mol. The molecule has 3 aromatic carbocycles. The van der Waals surface area contributed by atoms with Crippen LogP contribution in [0.3, 0.4) is 0 Å². The highest BCUT2D eigenvalue weighted by molar-refractivity contribution is 5.78. The van der Waals surface area contributed by atoms with Crippen LogP contribution in [0.4, 0.5) is 22.7 Å². The van der Waals surface area contributed by atoms with Crippen molar-refractivity contribution in [2.75, 3.05) is 36.1 Å². The van der Waals surface area contributed by atoms with Gasteiger partial charge in [-0.3, -0.25) is 9.59 Å². The summed E-state index contributed by atoms with van der Waals surface area (Å²) in [5, 5.41) is 0.